The van der Waals surface area contributed by atoms with Crippen LogP contribution < -0.4 is 5.32 Å². The molecule has 102 valence electrons. The van der Waals surface area contributed by atoms with Crippen LogP contribution in [-0.2, 0) is 13.5 Å². The standard InChI is InChI=1S/C16H23N3/c1-12-5-6-13(2)15(11-12)16(17-3)8-7-14-9-10-18-19(14)4/h5-6,9-11,16-17H,7-8H2,1-4H3. The van der Waals surface area contributed by atoms with Crippen LogP contribution in [0.3, 0.4) is 0 Å². The molecule has 0 amide bonds. The first-order valence-corrected chi connectivity index (χ1v) is 6.83. The molecule has 1 heterocycles. The number of aromatic nitrogens is 2. The zero-order valence-electron chi connectivity index (χ0n) is 12.3. The topological polar surface area (TPSA) is 29.9 Å². The Bertz CT molecular complexity index is 543. The van der Waals surface area contributed by atoms with E-state index < -0.39 is 0 Å². The van der Waals surface area contributed by atoms with Gasteiger partial charge in [0, 0.05) is 25.0 Å². The van der Waals surface area contributed by atoms with E-state index in [1.165, 1.54) is 22.4 Å². The summed E-state index contributed by atoms with van der Waals surface area (Å²) < 4.78 is 1.95. The van der Waals surface area contributed by atoms with E-state index in [-0.39, 0.29) is 0 Å². The van der Waals surface area contributed by atoms with Crippen molar-refractivity contribution in [2.45, 2.75) is 32.7 Å². The van der Waals surface area contributed by atoms with Crippen LogP contribution in [-0.4, -0.2) is 16.8 Å². The van der Waals surface area contributed by atoms with Crippen LogP contribution in [0.5, 0.6) is 0 Å². The summed E-state index contributed by atoms with van der Waals surface area (Å²) in [6, 6.07) is 9.16. The molecule has 1 atom stereocenters. The van der Waals surface area contributed by atoms with Gasteiger partial charge in [0.25, 0.3) is 0 Å². The summed E-state index contributed by atoms with van der Waals surface area (Å²) in [6.07, 6.45) is 3.98. The highest BCUT2D eigenvalue weighted by Crippen LogP contribution is 2.23. The zero-order valence-corrected chi connectivity index (χ0v) is 12.3. The molecule has 0 spiro atoms. The lowest BCUT2D eigenvalue weighted by Crippen LogP contribution is -2.18. The average Bonchev–Trinajstić information content (AvgIpc) is 2.80. The number of nitrogens with one attached hydrogen (secondary N) is 1. The molecular weight excluding hydrogens is 234 g/mol. The van der Waals surface area contributed by atoms with Gasteiger partial charge >= 0.3 is 0 Å². The molecule has 0 radical (unpaired) electrons. The first kappa shape index (κ1) is 13.8. The van der Waals surface area contributed by atoms with Crippen LogP contribution in [0.15, 0.2) is 30.5 Å². The lowest BCUT2D eigenvalue weighted by molar-refractivity contribution is 0.533. The fraction of sp³-hybridized carbons (Fsp3) is 0.438. The number of rotatable bonds is 5. The Labute approximate surface area is 115 Å². The van der Waals surface area contributed by atoms with Gasteiger partial charge in [0.1, 0.15) is 0 Å². The Hall–Kier alpha value is -1.61. The van der Waals surface area contributed by atoms with E-state index in [9.17, 15) is 0 Å². The van der Waals surface area contributed by atoms with Crippen LogP contribution in [0.1, 0.15) is 34.8 Å². The van der Waals surface area contributed by atoms with Crippen LogP contribution in [0, 0.1) is 13.8 Å². The molecule has 0 aliphatic rings. The smallest absolute Gasteiger partial charge is 0.0492 e. The normalized spacial score (nSPS) is 12.6. The molecule has 0 saturated heterocycles. The van der Waals surface area contributed by atoms with Gasteiger partial charge in [-0.25, -0.2) is 0 Å². The molecule has 0 bridgehead atoms. The second-order valence-electron chi connectivity index (χ2n) is 5.19. The Kier molecular flexibility index (Phi) is 4.38. The van der Waals surface area contributed by atoms with Gasteiger partial charge in [0.15, 0.2) is 0 Å². The molecule has 2 rings (SSSR count). The van der Waals surface area contributed by atoms with Crippen molar-refractivity contribution in [1.82, 2.24) is 15.1 Å². The summed E-state index contributed by atoms with van der Waals surface area (Å²) in [5.41, 5.74) is 5.37. The van der Waals surface area contributed by atoms with Gasteiger partial charge in [-0.05, 0) is 50.9 Å². The van der Waals surface area contributed by atoms with Crippen LogP contribution in [0.25, 0.3) is 0 Å². The van der Waals surface area contributed by atoms with Crippen molar-refractivity contribution in [2.75, 3.05) is 7.05 Å². The lowest BCUT2D eigenvalue weighted by Gasteiger charge is -2.19. The number of benzene rings is 1. The first-order valence-electron chi connectivity index (χ1n) is 6.83. The summed E-state index contributed by atoms with van der Waals surface area (Å²) in [5.74, 6) is 0. The SMILES string of the molecule is CNC(CCc1ccnn1C)c1cc(C)ccc1C. The molecular formula is C16H23N3. The second kappa shape index (κ2) is 6.02. The monoisotopic (exact) mass is 257 g/mol. The summed E-state index contributed by atoms with van der Waals surface area (Å²) in [4.78, 5) is 0. The summed E-state index contributed by atoms with van der Waals surface area (Å²) in [6.45, 7) is 4.33. The molecule has 3 heteroatoms. The van der Waals surface area contributed by atoms with E-state index in [1.807, 2.05) is 25.0 Å². The molecule has 1 aromatic heterocycles. The van der Waals surface area contributed by atoms with Crippen molar-refractivity contribution in [1.29, 1.82) is 0 Å². The van der Waals surface area contributed by atoms with E-state index in [0.717, 1.165) is 12.8 Å². The predicted octanol–water partition coefficient (Wildman–Crippen LogP) is 2.93. The van der Waals surface area contributed by atoms with Crippen molar-refractivity contribution >= 4 is 0 Å². The second-order valence-corrected chi connectivity index (χ2v) is 5.19. The lowest BCUT2D eigenvalue weighted by atomic mass is 9.95. The molecule has 0 fully saturated rings. The Morgan fingerprint density at radius 3 is 2.68 bits per heavy atom. The molecule has 0 aliphatic heterocycles. The van der Waals surface area contributed by atoms with E-state index >= 15 is 0 Å². The maximum absolute atomic E-state index is 4.22. The van der Waals surface area contributed by atoms with Gasteiger partial charge in [0.2, 0.25) is 0 Å². The molecule has 3 nitrogen and oxygen atoms in total. The molecule has 1 aromatic carbocycles. The fourth-order valence-corrected chi connectivity index (χ4v) is 2.53. The van der Waals surface area contributed by atoms with Gasteiger partial charge in [0.05, 0.1) is 0 Å². The minimum absolute atomic E-state index is 0.398. The Morgan fingerprint density at radius 2 is 2.05 bits per heavy atom. The summed E-state index contributed by atoms with van der Waals surface area (Å²) in [5, 5.41) is 7.66. The van der Waals surface area contributed by atoms with Gasteiger partial charge in [-0.2, -0.15) is 5.10 Å². The van der Waals surface area contributed by atoms with Gasteiger partial charge < -0.3 is 5.32 Å². The molecule has 0 aliphatic carbocycles. The van der Waals surface area contributed by atoms with E-state index in [0.29, 0.717) is 6.04 Å². The fourth-order valence-electron chi connectivity index (χ4n) is 2.53. The number of aryl methyl sites for hydroxylation is 4. The van der Waals surface area contributed by atoms with E-state index in [4.69, 9.17) is 0 Å². The predicted molar refractivity (Wildman–Crippen MR) is 79.2 cm³/mol. The average molecular weight is 257 g/mol. The van der Waals surface area contributed by atoms with Crippen molar-refractivity contribution < 1.29 is 0 Å². The minimum atomic E-state index is 0.398. The summed E-state index contributed by atoms with van der Waals surface area (Å²) >= 11 is 0. The highest BCUT2D eigenvalue weighted by Gasteiger charge is 2.13. The molecule has 1 unspecified atom stereocenters. The summed E-state index contributed by atoms with van der Waals surface area (Å²) in [7, 11) is 4.04. The van der Waals surface area contributed by atoms with Gasteiger partial charge in [-0.3, -0.25) is 4.68 Å². The van der Waals surface area contributed by atoms with Crippen LogP contribution in [0.4, 0.5) is 0 Å². The van der Waals surface area contributed by atoms with Crippen molar-refractivity contribution in [2.24, 2.45) is 7.05 Å². The van der Waals surface area contributed by atoms with Crippen molar-refractivity contribution in [3.63, 3.8) is 0 Å². The van der Waals surface area contributed by atoms with Gasteiger partial charge in [-0.1, -0.05) is 23.8 Å². The Balaban J connectivity index is 2.12. The number of hydrogen-bond acceptors (Lipinski definition) is 2. The molecule has 0 saturated carbocycles. The maximum atomic E-state index is 4.22. The van der Waals surface area contributed by atoms with Crippen LogP contribution >= 0.6 is 0 Å². The van der Waals surface area contributed by atoms with E-state index in [1.54, 1.807) is 0 Å². The quantitative estimate of drug-likeness (QED) is 0.892. The third-order valence-electron chi connectivity index (χ3n) is 3.77. The highest BCUT2D eigenvalue weighted by atomic mass is 15.2. The van der Waals surface area contributed by atoms with E-state index in [2.05, 4.69) is 48.5 Å². The van der Waals surface area contributed by atoms with Crippen molar-refractivity contribution in [3.8, 4) is 0 Å². The highest BCUT2D eigenvalue weighted by molar-refractivity contribution is 5.33. The van der Waals surface area contributed by atoms with Crippen LogP contribution in [0.2, 0.25) is 0 Å². The zero-order chi connectivity index (χ0) is 13.8. The molecule has 19 heavy (non-hydrogen) atoms. The molecule has 2 aromatic rings. The van der Waals surface area contributed by atoms with Crippen molar-refractivity contribution in [3.05, 3.63) is 52.8 Å². The largest absolute Gasteiger partial charge is 0.313 e. The first-order chi connectivity index (χ1) is 9.11. The minimum Gasteiger partial charge on any atom is -0.313 e. The maximum Gasteiger partial charge on any atom is 0.0492 e. The third kappa shape index (κ3) is 3.24. The van der Waals surface area contributed by atoms with Gasteiger partial charge in [-0.15, -0.1) is 0 Å². The molecule has 1 N–H and O–H groups in total. The number of hydrogen-bond donors (Lipinski definition) is 1. The Morgan fingerprint density at radius 1 is 1.26 bits per heavy atom. The third-order valence-corrected chi connectivity index (χ3v) is 3.77. The number of nitrogens with zero attached hydrogens (tertiary/aromatic N) is 2.